The van der Waals surface area contributed by atoms with Gasteiger partial charge in [-0.05, 0) is 44.0 Å². The number of anilines is 1. The highest BCUT2D eigenvalue weighted by atomic mass is 16.7. The fourth-order valence-electron chi connectivity index (χ4n) is 2.63. The van der Waals surface area contributed by atoms with Gasteiger partial charge in [0.15, 0.2) is 11.5 Å². The van der Waals surface area contributed by atoms with Crippen LogP contribution < -0.4 is 14.8 Å². The van der Waals surface area contributed by atoms with Crippen molar-refractivity contribution in [1.82, 2.24) is 0 Å². The minimum Gasteiger partial charge on any atom is -0.454 e. The van der Waals surface area contributed by atoms with Crippen molar-refractivity contribution in [2.24, 2.45) is 0 Å². The van der Waals surface area contributed by atoms with E-state index in [4.69, 9.17) is 9.47 Å². The number of fused-ring (bicyclic) bond motifs is 1. The second kappa shape index (κ2) is 5.08. The van der Waals surface area contributed by atoms with Crippen LogP contribution in [-0.2, 0) is 0 Å². The number of aryl methyl sites for hydroxylation is 2. The van der Waals surface area contributed by atoms with E-state index in [1.165, 1.54) is 16.7 Å². The van der Waals surface area contributed by atoms with Crippen LogP contribution in [0.3, 0.4) is 0 Å². The minimum absolute atomic E-state index is 0.246. The zero-order chi connectivity index (χ0) is 14.1. The summed E-state index contributed by atoms with van der Waals surface area (Å²) in [7, 11) is 0. The summed E-state index contributed by atoms with van der Waals surface area (Å²) in [6, 6.07) is 12.8. The largest absolute Gasteiger partial charge is 0.454 e. The summed E-state index contributed by atoms with van der Waals surface area (Å²) in [5.74, 6) is 1.62. The molecule has 0 aliphatic carbocycles. The first kappa shape index (κ1) is 12.9. The smallest absolute Gasteiger partial charge is 0.231 e. The van der Waals surface area contributed by atoms with Crippen LogP contribution >= 0.6 is 0 Å². The molecule has 3 heteroatoms. The SMILES string of the molecule is Cc1ccc(C(C)Nc2ccc3c(c2)OCO3)c(C)c1. The predicted octanol–water partition coefficient (Wildman–Crippen LogP) is 4.21. The lowest BCUT2D eigenvalue weighted by Crippen LogP contribution is -2.08. The van der Waals surface area contributed by atoms with Crippen LogP contribution in [-0.4, -0.2) is 6.79 Å². The third-order valence-corrected chi connectivity index (χ3v) is 3.65. The zero-order valence-corrected chi connectivity index (χ0v) is 12.1. The molecule has 3 rings (SSSR count). The summed E-state index contributed by atoms with van der Waals surface area (Å²) in [6.07, 6.45) is 0. The highest BCUT2D eigenvalue weighted by Gasteiger charge is 2.14. The molecule has 2 aromatic carbocycles. The number of hydrogen-bond acceptors (Lipinski definition) is 3. The number of nitrogens with one attached hydrogen (secondary N) is 1. The normalized spacial score (nSPS) is 14.2. The zero-order valence-electron chi connectivity index (χ0n) is 12.1. The Morgan fingerprint density at radius 3 is 2.60 bits per heavy atom. The predicted molar refractivity (Wildman–Crippen MR) is 80.5 cm³/mol. The maximum atomic E-state index is 5.40. The van der Waals surface area contributed by atoms with E-state index < -0.39 is 0 Å². The van der Waals surface area contributed by atoms with Gasteiger partial charge >= 0.3 is 0 Å². The molecule has 3 nitrogen and oxygen atoms in total. The van der Waals surface area contributed by atoms with Gasteiger partial charge in [0.25, 0.3) is 0 Å². The number of ether oxygens (including phenoxy) is 2. The van der Waals surface area contributed by atoms with E-state index in [0.29, 0.717) is 6.79 Å². The van der Waals surface area contributed by atoms with Crippen molar-refractivity contribution in [3.63, 3.8) is 0 Å². The van der Waals surface area contributed by atoms with Gasteiger partial charge in [-0.1, -0.05) is 23.8 Å². The van der Waals surface area contributed by atoms with Gasteiger partial charge in [0, 0.05) is 17.8 Å². The van der Waals surface area contributed by atoms with E-state index in [-0.39, 0.29) is 6.04 Å². The molecule has 0 saturated carbocycles. The molecule has 0 aromatic heterocycles. The van der Waals surface area contributed by atoms with Crippen LogP contribution in [0, 0.1) is 13.8 Å². The van der Waals surface area contributed by atoms with Gasteiger partial charge in [0.2, 0.25) is 6.79 Å². The molecule has 1 unspecified atom stereocenters. The van der Waals surface area contributed by atoms with E-state index in [9.17, 15) is 0 Å². The second-order valence-corrected chi connectivity index (χ2v) is 5.29. The lowest BCUT2D eigenvalue weighted by atomic mass is 10.00. The van der Waals surface area contributed by atoms with Crippen molar-refractivity contribution in [2.75, 3.05) is 12.1 Å². The molecule has 1 N–H and O–H groups in total. The Morgan fingerprint density at radius 2 is 1.80 bits per heavy atom. The van der Waals surface area contributed by atoms with Crippen molar-refractivity contribution in [3.05, 3.63) is 53.1 Å². The van der Waals surface area contributed by atoms with Crippen LogP contribution in [0.1, 0.15) is 29.7 Å². The summed E-state index contributed by atoms with van der Waals surface area (Å²) in [5.41, 5.74) is 4.96. The first-order valence-electron chi connectivity index (χ1n) is 6.87. The monoisotopic (exact) mass is 269 g/mol. The van der Waals surface area contributed by atoms with E-state index in [2.05, 4.69) is 44.3 Å². The van der Waals surface area contributed by atoms with Crippen LogP contribution in [0.4, 0.5) is 5.69 Å². The van der Waals surface area contributed by atoms with Gasteiger partial charge in [-0.15, -0.1) is 0 Å². The van der Waals surface area contributed by atoms with E-state index in [0.717, 1.165) is 17.2 Å². The third-order valence-electron chi connectivity index (χ3n) is 3.65. The molecule has 0 fully saturated rings. The van der Waals surface area contributed by atoms with E-state index >= 15 is 0 Å². The molecule has 2 aromatic rings. The van der Waals surface area contributed by atoms with Crippen molar-refractivity contribution in [1.29, 1.82) is 0 Å². The summed E-state index contributed by atoms with van der Waals surface area (Å²) in [6.45, 7) is 6.75. The quantitative estimate of drug-likeness (QED) is 0.905. The molecule has 0 amide bonds. The fourth-order valence-corrected chi connectivity index (χ4v) is 2.63. The molecule has 0 bridgehead atoms. The molecule has 0 spiro atoms. The van der Waals surface area contributed by atoms with E-state index in [1.807, 2.05) is 18.2 Å². The highest BCUT2D eigenvalue weighted by Crippen LogP contribution is 2.35. The first-order chi connectivity index (χ1) is 9.63. The standard InChI is InChI=1S/C17H19NO2/c1-11-4-6-15(12(2)8-11)13(3)18-14-5-7-16-17(9-14)20-10-19-16/h4-9,13,18H,10H2,1-3H3. The average Bonchev–Trinajstić information content (AvgIpc) is 2.85. The summed E-state index contributed by atoms with van der Waals surface area (Å²) in [4.78, 5) is 0. The lowest BCUT2D eigenvalue weighted by Gasteiger charge is -2.18. The molecule has 0 saturated heterocycles. The molecular weight excluding hydrogens is 250 g/mol. The Balaban J connectivity index is 1.80. The topological polar surface area (TPSA) is 30.5 Å². The van der Waals surface area contributed by atoms with Crippen molar-refractivity contribution >= 4 is 5.69 Å². The summed E-state index contributed by atoms with van der Waals surface area (Å²) >= 11 is 0. The van der Waals surface area contributed by atoms with E-state index in [1.54, 1.807) is 0 Å². The Kier molecular flexibility index (Phi) is 3.26. The van der Waals surface area contributed by atoms with Crippen LogP contribution in [0.5, 0.6) is 11.5 Å². The van der Waals surface area contributed by atoms with Gasteiger partial charge in [-0.25, -0.2) is 0 Å². The Morgan fingerprint density at radius 1 is 1.00 bits per heavy atom. The number of rotatable bonds is 3. The highest BCUT2D eigenvalue weighted by molar-refractivity contribution is 5.56. The maximum Gasteiger partial charge on any atom is 0.231 e. The van der Waals surface area contributed by atoms with Gasteiger partial charge in [-0.3, -0.25) is 0 Å². The number of benzene rings is 2. The van der Waals surface area contributed by atoms with Crippen molar-refractivity contribution < 1.29 is 9.47 Å². The molecule has 1 atom stereocenters. The maximum absolute atomic E-state index is 5.40. The van der Waals surface area contributed by atoms with Crippen LogP contribution in [0.2, 0.25) is 0 Å². The van der Waals surface area contributed by atoms with Gasteiger partial charge in [0.05, 0.1) is 0 Å². The molecule has 1 aliphatic rings. The fraction of sp³-hybridized carbons (Fsp3) is 0.294. The molecule has 0 radical (unpaired) electrons. The van der Waals surface area contributed by atoms with Gasteiger partial charge in [0.1, 0.15) is 0 Å². The van der Waals surface area contributed by atoms with Crippen molar-refractivity contribution in [2.45, 2.75) is 26.8 Å². The lowest BCUT2D eigenvalue weighted by molar-refractivity contribution is 0.174. The van der Waals surface area contributed by atoms with Gasteiger partial charge in [-0.2, -0.15) is 0 Å². The molecule has 1 heterocycles. The number of hydrogen-bond donors (Lipinski definition) is 1. The van der Waals surface area contributed by atoms with Crippen molar-refractivity contribution in [3.8, 4) is 11.5 Å². The molecule has 1 aliphatic heterocycles. The Bertz CT molecular complexity index is 637. The minimum atomic E-state index is 0.246. The molecule has 20 heavy (non-hydrogen) atoms. The van der Waals surface area contributed by atoms with Crippen LogP contribution in [0.25, 0.3) is 0 Å². The molecule has 104 valence electrons. The molecular formula is C17H19NO2. The second-order valence-electron chi connectivity index (χ2n) is 5.29. The third kappa shape index (κ3) is 2.44. The Labute approximate surface area is 119 Å². The summed E-state index contributed by atoms with van der Waals surface area (Å²) < 4.78 is 10.7. The Hall–Kier alpha value is -2.16. The first-order valence-corrected chi connectivity index (χ1v) is 6.87. The summed E-state index contributed by atoms with van der Waals surface area (Å²) in [5, 5.41) is 3.51. The van der Waals surface area contributed by atoms with Gasteiger partial charge < -0.3 is 14.8 Å². The average molecular weight is 269 g/mol. The van der Waals surface area contributed by atoms with Crippen LogP contribution in [0.15, 0.2) is 36.4 Å².